The summed E-state index contributed by atoms with van der Waals surface area (Å²) in [6.45, 7) is 14.0. The Morgan fingerprint density at radius 1 is 0.434 bits per heavy atom. The molecule has 0 aromatic carbocycles. The molecular weight excluding hydrogens is 1290 g/mol. The first-order valence-corrected chi connectivity index (χ1v) is 41.6. The minimum atomic E-state index is -5.44. The van der Waals surface area contributed by atoms with Crippen molar-refractivity contribution in [3.8, 4) is 0 Å². The number of esters is 2. The van der Waals surface area contributed by atoms with Gasteiger partial charge in [-0.3, -0.25) is 23.7 Å². The highest BCUT2D eigenvalue weighted by atomic mass is 31.2. The van der Waals surface area contributed by atoms with E-state index >= 15 is 0 Å². The monoisotopic (exact) mass is 1440 g/mol. The third kappa shape index (κ3) is 47.7. The molecule has 0 saturated carbocycles. The summed E-state index contributed by atoms with van der Waals surface area (Å²) in [5.41, 5.74) is 0. The van der Waals surface area contributed by atoms with Crippen molar-refractivity contribution in [1.29, 1.82) is 0 Å². The van der Waals surface area contributed by atoms with Gasteiger partial charge < -0.3 is 74.7 Å². The second-order valence-corrected chi connectivity index (χ2v) is 31.8. The highest BCUT2D eigenvalue weighted by molar-refractivity contribution is 7.46. The van der Waals surface area contributed by atoms with Gasteiger partial charge in [0, 0.05) is 6.42 Å². The van der Waals surface area contributed by atoms with Gasteiger partial charge in [0.25, 0.3) is 0 Å². The van der Waals surface area contributed by atoms with Crippen molar-refractivity contribution in [2.45, 2.75) is 436 Å². The summed E-state index contributed by atoms with van der Waals surface area (Å²) in [7, 11) is -5.44. The lowest BCUT2D eigenvalue weighted by atomic mass is 9.95. The number of aliphatic hydroxyl groups is 6. The van der Waals surface area contributed by atoms with E-state index in [1.165, 1.54) is 135 Å². The van der Waals surface area contributed by atoms with E-state index in [0.29, 0.717) is 56.8 Å². The molecule has 2 aliphatic rings. The van der Waals surface area contributed by atoms with Gasteiger partial charge in [0.05, 0.1) is 44.7 Å². The van der Waals surface area contributed by atoms with Crippen molar-refractivity contribution in [1.82, 2.24) is 10.6 Å². The quantitative estimate of drug-likeness (QED) is 0.0154. The van der Waals surface area contributed by atoms with E-state index in [-0.39, 0.29) is 12.8 Å². The fourth-order valence-electron chi connectivity index (χ4n) is 13.5. The zero-order valence-electron chi connectivity index (χ0n) is 63.1. The molecule has 2 rings (SSSR count). The van der Waals surface area contributed by atoms with Crippen LogP contribution in [0.25, 0.3) is 0 Å². The number of carbonyl (C=O) groups excluding carboxylic acids is 4. The predicted molar refractivity (Wildman–Crippen MR) is 389 cm³/mol. The summed E-state index contributed by atoms with van der Waals surface area (Å²) in [6, 6.07) is -3.36. The molecule has 0 aromatic heterocycles. The van der Waals surface area contributed by atoms with E-state index in [4.69, 9.17) is 28.2 Å². The second-order valence-electron chi connectivity index (χ2n) is 30.6. The van der Waals surface area contributed by atoms with E-state index in [9.17, 15) is 64.2 Å². The van der Waals surface area contributed by atoms with Crippen LogP contribution in [0.5, 0.6) is 0 Å². The number of hydrogen-bond acceptors (Lipinski definition) is 17. The maximum atomic E-state index is 14.5. The molecule has 13 atom stereocenters. The zero-order valence-corrected chi connectivity index (χ0v) is 64.0. The lowest BCUT2D eigenvalue weighted by molar-refractivity contribution is -0.297. The van der Waals surface area contributed by atoms with Gasteiger partial charge >= 0.3 is 19.8 Å². The maximum absolute atomic E-state index is 14.5. The van der Waals surface area contributed by atoms with Gasteiger partial charge in [-0.1, -0.05) is 299 Å². The van der Waals surface area contributed by atoms with Crippen molar-refractivity contribution >= 4 is 31.6 Å². The summed E-state index contributed by atoms with van der Waals surface area (Å²) < 4.78 is 47.4. The molecular formula is C77H147N2O19P. The van der Waals surface area contributed by atoms with Crippen LogP contribution in [0.4, 0.5) is 0 Å². The van der Waals surface area contributed by atoms with E-state index in [2.05, 4.69) is 59.1 Å². The molecule has 2 aliphatic heterocycles. The van der Waals surface area contributed by atoms with Gasteiger partial charge in [-0.2, -0.15) is 0 Å². The Hall–Kier alpha value is -2.37. The average Bonchev–Trinajstić information content (AvgIpc) is 0.795. The van der Waals surface area contributed by atoms with Gasteiger partial charge in [-0.25, -0.2) is 4.57 Å². The van der Waals surface area contributed by atoms with Crippen molar-refractivity contribution < 1.29 is 92.4 Å². The topological polar surface area (TPSA) is 327 Å². The summed E-state index contributed by atoms with van der Waals surface area (Å²) >= 11 is 0. The number of ether oxygens (including phenoxy) is 5. The Bertz CT molecular complexity index is 2050. The van der Waals surface area contributed by atoms with Gasteiger partial charge in [0.2, 0.25) is 11.8 Å². The maximum Gasteiger partial charge on any atom is 0.472 e. The molecule has 2 heterocycles. The smallest absolute Gasteiger partial charge is 0.462 e. The van der Waals surface area contributed by atoms with Crippen LogP contribution < -0.4 is 10.6 Å². The zero-order chi connectivity index (χ0) is 73.1. The van der Waals surface area contributed by atoms with Crippen LogP contribution in [-0.4, -0.2) is 157 Å². The van der Waals surface area contributed by atoms with Gasteiger partial charge in [-0.15, -0.1) is 0 Å². The highest BCUT2D eigenvalue weighted by Crippen LogP contribution is 2.41. The van der Waals surface area contributed by atoms with E-state index in [1.807, 2.05) is 0 Å². The fraction of sp³-hybridized carbons (Fsp3) is 0.948. The van der Waals surface area contributed by atoms with Crippen molar-refractivity contribution in [2.75, 3.05) is 13.2 Å². The lowest BCUT2D eigenvalue weighted by Crippen LogP contribution is -2.67. The van der Waals surface area contributed by atoms with Gasteiger partial charge in [-0.05, 0) is 49.9 Å². The standard InChI is InChI=1S/C77H147N2O19P/c1-8-9-10-11-12-13-14-15-16-23-31-38-45-52-68(85)94-63(51-44-37-30-22-18-20-26-33-40-47-59(4)5)55-67(84)79-71-75(97-69(86)54-62(82)50-43-36-29-24-27-34-41-48-60(6)7)73(88)64(56-80)95-76(71)93-57-65-72(87)74(89)70(77(96-65)98-99(90,91)92)78-66(83)53-61(81)49-42-35-28-21-17-19-25-32-39-46-58(2)3/h58-65,70-77,80-82,87-89H,8-57H2,1-7H3,(H,78,83)(H,79,84)(H2,90,91,92)/t61?,62?,63?,64?,65?,70?,71-,72+,73+,74+,75?,76+,77+/m0/s1. The van der Waals surface area contributed by atoms with Crippen molar-refractivity contribution in [2.24, 2.45) is 17.8 Å². The number of hydrogen-bond donors (Lipinski definition) is 10. The lowest BCUT2D eigenvalue weighted by Gasteiger charge is -2.45. The van der Waals surface area contributed by atoms with Crippen LogP contribution in [0.3, 0.4) is 0 Å². The summed E-state index contributed by atoms with van der Waals surface area (Å²) in [5.74, 6) is -0.792. The molecule has 21 nitrogen and oxygen atoms in total. The number of aliphatic hydroxyl groups excluding tert-OH is 6. The number of unbranched alkanes of at least 4 members (excludes halogenated alkanes) is 34. The molecule has 7 unspecified atom stereocenters. The Kier molecular flexibility index (Phi) is 54.2. The Morgan fingerprint density at radius 2 is 0.808 bits per heavy atom. The Morgan fingerprint density at radius 3 is 1.23 bits per heavy atom. The first-order chi connectivity index (χ1) is 47.4. The fourth-order valence-corrected chi connectivity index (χ4v) is 14.0. The summed E-state index contributed by atoms with van der Waals surface area (Å²) in [5, 5.41) is 72.5. The van der Waals surface area contributed by atoms with E-state index < -0.39 is 137 Å². The third-order valence-electron chi connectivity index (χ3n) is 19.6. The Balaban J connectivity index is 2.31. The van der Waals surface area contributed by atoms with Crippen LogP contribution in [0.1, 0.15) is 357 Å². The van der Waals surface area contributed by atoms with Crippen LogP contribution in [-0.2, 0) is 52.0 Å². The second kappa shape index (κ2) is 57.9. The molecule has 2 saturated heterocycles. The molecule has 10 N–H and O–H groups in total. The number of carbonyl (C=O) groups is 4. The number of amides is 2. The SMILES string of the molecule is CCCCCCCCCCCCCCCC(=O)OC(CCCCCCCCCCCC(C)C)CC(=O)N[C@H]1C(OC(=O)CC(O)CCCCCCCCCC(C)C)[C@H](O)C(CO)O[C@H]1OCC1O[C@H](OP(=O)(O)O)C(NC(=O)CC(O)CCCCCCCCCCCC(C)C)[C@@H](O)[C@@H]1O. The minimum Gasteiger partial charge on any atom is -0.462 e. The molecule has 0 aromatic rings. The van der Waals surface area contributed by atoms with Gasteiger partial charge in [0.1, 0.15) is 48.7 Å². The van der Waals surface area contributed by atoms with Gasteiger partial charge in [0.15, 0.2) is 18.7 Å². The van der Waals surface area contributed by atoms with Crippen LogP contribution >= 0.6 is 7.82 Å². The average molecular weight is 1440 g/mol. The summed E-state index contributed by atoms with van der Waals surface area (Å²) in [6.07, 6.45) is 27.2. The molecule has 22 heteroatoms. The van der Waals surface area contributed by atoms with Crippen LogP contribution in [0, 0.1) is 17.8 Å². The first-order valence-electron chi connectivity index (χ1n) is 40.1. The molecule has 0 bridgehead atoms. The number of phosphoric acid groups is 1. The van der Waals surface area contributed by atoms with Crippen LogP contribution in [0.15, 0.2) is 0 Å². The molecule has 0 spiro atoms. The van der Waals surface area contributed by atoms with E-state index in [0.717, 1.165) is 109 Å². The number of phosphoric ester groups is 1. The van der Waals surface area contributed by atoms with E-state index in [1.54, 1.807) is 0 Å². The van der Waals surface area contributed by atoms with Crippen molar-refractivity contribution in [3.05, 3.63) is 0 Å². The molecule has 2 fully saturated rings. The van der Waals surface area contributed by atoms with Crippen molar-refractivity contribution in [3.63, 3.8) is 0 Å². The Labute approximate surface area is 599 Å². The minimum absolute atomic E-state index is 0.176. The molecule has 0 aliphatic carbocycles. The first kappa shape index (κ1) is 92.7. The highest BCUT2D eigenvalue weighted by Gasteiger charge is 2.52. The molecule has 99 heavy (non-hydrogen) atoms. The summed E-state index contributed by atoms with van der Waals surface area (Å²) in [4.78, 5) is 75.3. The normalized spacial score (nSPS) is 22.2. The third-order valence-corrected chi connectivity index (χ3v) is 20.1. The predicted octanol–water partition coefficient (Wildman–Crippen LogP) is 14.9. The number of nitrogens with one attached hydrogen (secondary N) is 2. The molecule has 2 amide bonds. The largest absolute Gasteiger partial charge is 0.472 e. The molecule has 584 valence electrons. The molecule has 0 radical (unpaired) electrons. The van der Waals surface area contributed by atoms with Crippen LogP contribution in [0.2, 0.25) is 0 Å². The number of rotatable bonds is 64.